The first-order valence-electron chi connectivity index (χ1n) is 7.44. The lowest BCUT2D eigenvalue weighted by molar-refractivity contribution is -0.154. The second kappa shape index (κ2) is 8.18. The fourth-order valence-electron chi connectivity index (χ4n) is 2.29. The Morgan fingerprint density at radius 1 is 1.22 bits per heavy atom. The number of imide groups is 1. The molecule has 23 heavy (non-hydrogen) atoms. The van der Waals surface area contributed by atoms with E-state index in [0.717, 1.165) is 4.90 Å². The SMILES string of the molecule is NCCCN(C=O)C(=O)C(=O)N1CCN(c2ncccn2)CC1. The van der Waals surface area contributed by atoms with Crippen LogP contribution in [0.2, 0.25) is 0 Å². The number of anilines is 1. The zero-order valence-electron chi connectivity index (χ0n) is 12.8. The highest BCUT2D eigenvalue weighted by molar-refractivity contribution is 6.36. The van der Waals surface area contributed by atoms with Gasteiger partial charge in [0.1, 0.15) is 0 Å². The molecule has 1 aliphatic heterocycles. The highest BCUT2D eigenvalue weighted by atomic mass is 16.2. The molecule has 0 saturated carbocycles. The fraction of sp³-hybridized carbons (Fsp3) is 0.500. The molecule has 2 heterocycles. The zero-order valence-corrected chi connectivity index (χ0v) is 12.8. The maximum Gasteiger partial charge on any atom is 0.318 e. The molecule has 1 saturated heterocycles. The van der Waals surface area contributed by atoms with Crippen molar-refractivity contribution in [3.63, 3.8) is 0 Å². The van der Waals surface area contributed by atoms with Gasteiger partial charge in [-0.2, -0.15) is 0 Å². The van der Waals surface area contributed by atoms with Crippen LogP contribution in [0.3, 0.4) is 0 Å². The lowest BCUT2D eigenvalue weighted by atomic mass is 10.3. The topological polar surface area (TPSA) is 113 Å². The van der Waals surface area contributed by atoms with Crippen molar-refractivity contribution in [2.45, 2.75) is 6.42 Å². The van der Waals surface area contributed by atoms with Crippen LogP contribution in [0.25, 0.3) is 0 Å². The summed E-state index contributed by atoms with van der Waals surface area (Å²) >= 11 is 0. The van der Waals surface area contributed by atoms with E-state index in [4.69, 9.17) is 5.73 Å². The van der Waals surface area contributed by atoms with E-state index in [0.29, 0.717) is 51.5 Å². The Kier molecular flexibility index (Phi) is 5.98. The van der Waals surface area contributed by atoms with E-state index < -0.39 is 11.8 Å². The smallest absolute Gasteiger partial charge is 0.318 e. The molecule has 1 aromatic heterocycles. The molecule has 3 amide bonds. The highest BCUT2D eigenvalue weighted by Gasteiger charge is 2.29. The van der Waals surface area contributed by atoms with Gasteiger partial charge in [-0.1, -0.05) is 0 Å². The van der Waals surface area contributed by atoms with Gasteiger partial charge in [0.2, 0.25) is 12.4 Å². The van der Waals surface area contributed by atoms with Crippen molar-refractivity contribution in [3.8, 4) is 0 Å². The summed E-state index contributed by atoms with van der Waals surface area (Å²) in [4.78, 5) is 47.8. The molecule has 1 fully saturated rings. The van der Waals surface area contributed by atoms with Gasteiger partial charge < -0.3 is 15.5 Å². The minimum Gasteiger partial charge on any atom is -0.337 e. The van der Waals surface area contributed by atoms with Gasteiger partial charge in [0.15, 0.2) is 0 Å². The monoisotopic (exact) mass is 320 g/mol. The van der Waals surface area contributed by atoms with Crippen molar-refractivity contribution in [1.29, 1.82) is 0 Å². The Bertz CT molecular complexity index is 545. The summed E-state index contributed by atoms with van der Waals surface area (Å²) in [7, 11) is 0. The van der Waals surface area contributed by atoms with Crippen LogP contribution in [-0.2, 0) is 14.4 Å². The summed E-state index contributed by atoms with van der Waals surface area (Å²) in [5.41, 5.74) is 5.35. The maximum absolute atomic E-state index is 12.2. The summed E-state index contributed by atoms with van der Waals surface area (Å²) in [6, 6.07) is 1.73. The van der Waals surface area contributed by atoms with E-state index in [1.807, 2.05) is 4.90 Å². The molecule has 9 heteroatoms. The molecule has 124 valence electrons. The highest BCUT2D eigenvalue weighted by Crippen LogP contribution is 2.10. The van der Waals surface area contributed by atoms with E-state index >= 15 is 0 Å². The Balaban J connectivity index is 1.90. The average molecular weight is 320 g/mol. The number of nitrogens with two attached hydrogens (primary N) is 1. The first-order chi connectivity index (χ1) is 11.2. The van der Waals surface area contributed by atoms with Gasteiger partial charge in [-0.25, -0.2) is 9.97 Å². The molecule has 1 aliphatic rings. The summed E-state index contributed by atoms with van der Waals surface area (Å²) in [5.74, 6) is -0.871. The summed E-state index contributed by atoms with van der Waals surface area (Å²) in [6.07, 6.45) is 4.16. The van der Waals surface area contributed by atoms with Crippen LogP contribution in [0.15, 0.2) is 18.5 Å². The quantitative estimate of drug-likeness (QED) is 0.516. The first-order valence-corrected chi connectivity index (χ1v) is 7.44. The molecule has 1 aromatic rings. The van der Waals surface area contributed by atoms with Crippen molar-refractivity contribution < 1.29 is 14.4 Å². The van der Waals surface area contributed by atoms with Crippen molar-refractivity contribution in [3.05, 3.63) is 18.5 Å². The third-order valence-electron chi connectivity index (χ3n) is 3.58. The van der Waals surface area contributed by atoms with Gasteiger partial charge in [0.25, 0.3) is 0 Å². The molecule has 0 radical (unpaired) electrons. The summed E-state index contributed by atoms with van der Waals surface area (Å²) < 4.78 is 0. The third-order valence-corrected chi connectivity index (χ3v) is 3.58. The number of aromatic nitrogens is 2. The Morgan fingerprint density at radius 2 is 1.87 bits per heavy atom. The van der Waals surface area contributed by atoms with E-state index in [2.05, 4.69) is 9.97 Å². The van der Waals surface area contributed by atoms with E-state index in [1.54, 1.807) is 18.5 Å². The number of amides is 3. The summed E-state index contributed by atoms with van der Waals surface area (Å²) in [5, 5.41) is 0. The standard InChI is InChI=1S/C14H20N6O3/c15-3-1-6-20(11-21)13(23)12(22)18-7-9-19(10-8-18)14-16-4-2-5-17-14/h2,4-5,11H,1,3,6-10,15H2. The average Bonchev–Trinajstić information content (AvgIpc) is 2.62. The number of piperazine rings is 1. The van der Waals surface area contributed by atoms with Gasteiger partial charge in [0.05, 0.1) is 0 Å². The number of rotatable bonds is 5. The predicted molar refractivity (Wildman–Crippen MR) is 82.3 cm³/mol. The second-order valence-corrected chi connectivity index (χ2v) is 5.07. The number of carbonyl (C=O) groups is 3. The Labute approximate surface area is 134 Å². The minimum atomic E-state index is -0.808. The minimum absolute atomic E-state index is 0.155. The van der Waals surface area contributed by atoms with Crippen molar-refractivity contribution in [2.75, 3.05) is 44.2 Å². The number of carbonyl (C=O) groups excluding carboxylic acids is 3. The molecule has 0 atom stereocenters. The normalized spacial score (nSPS) is 14.5. The second-order valence-electron chi connectivity index (χ2n) is 5.07. The molecule has 0 unspecified atom stereocenters. The van der Waals surface area contributed by atoms with Gasteiger partial charge in [-0.05, 0) is 19.0 Å². The molecule has 2 N–H and O–H groups in total. The van der Waals surface area contributed by atoms with E-state index in [-0.39, 0.29) is 6.54 Å². The number of hydrogen-bond acceptors (Lipinski definition) is 7. The zero-order chi connectivity index (χ0) is 16.7. The van der Waals surface area contributed by atoms with Gasteiger partial charge >= 0.3 is 11.8 Å². The van der Waals surface area contributed by atoms with Crippen molar-refractivity contribution in [1.82, 2.24) is 19.8 Å². The largest absolute Gasteiger partial charge is 0.337 e. The lowest BCUT2D eigenvalue weighted by Crippen LogP contribution is -2.53. The van der Waals surface area contributed by atoms with Crippen LogP contribution in [0.1, 0.15) is 6.42 Å². The number of nitrogens with zero attached hydrogens (tertiary/aromatic N) is 5. The Morgan fingerprint density at radius 3 is 2.43 bits per heavy atom. The molecule has 0 aromatic carbocycles. The first kappa shape index (κ1) is 16.8. The third kappa shape index (κ3) is 4.22. The van der Waals surface area contributed by atoms with Crippen LogP contribution in [0.4, 0.5) is 5.95 Å². The van der Waals surface area contributed by atoms with Crippen LogP contribution >= 0.6 is 0 Å². The van der Waals surface area contributed by atoms with Crippen LogP contribution in [0.5, 0.6) is 0 Å². The summed E-state index contributed by atoms with van der Waals surface area (Å²) in [6.45, 7) is 2.34. The van der Waals surface area contributed by atoms with Crippen molar-refractivity contribution >= 4 is 24.2 Å². The van der Waals surface area contributed by atoms with Gasteiger partial charge in [-0.3, -0.25) is 19.3 Å². The molecule has 9 nitrogen and oxygen atoms in total. The van der Waals surface area contributed by atoms with E-state index in [9.17, 15) is 14.4 Å². The molecule has 2 rings (SSSR count). The molecule has 0 aliphatic carbocycles. The van der Waals surface area contributed by atoms with Crippen LogP contribution in [0, 0.1) is 0 Å². The molecular formula is C14H20N6O3. The number of hydrogen-bond donors (Lipinski definition) is 1. The predicted octanol–water partition coefficient (Wildman–Crippen LogP) is -1.54. The van der Waals surface area contributed by atoms with Crippen LogP contribution in [-0.4, -0.2) is 77.3 Å². The van der Waals surface area contributed by atoms with Gasteiger partial charge in [-0.15, -0.1) is 0 Å². The van der Waals surface area contributed by atoms with Crippen LogP contribution < -0.4 is 10.6 Å². The molecule has 0 bridgehead atoms. The van der Waals surface area contributed by atoms with E-state index in [1.165, 1.54) is 4.90 Å². The fourth-order valence-corrected chi connectivity index (χ4v) is 2.29. The Hall–Kier alpha value is -2.55. The molecular weight excluding hydrogens is 300 g/mol. The van der Waals surface area contributed by atoms with Crippen molar-refractivity contribution in [2.24, 2.45) is 5.73 Å². The van der Waals surface area contributed by atoms with Gasteiger partial charge in [0, 0.05) is 45.1 Å². The molecule has 0 spiro atoms. The lowest BCUT2D eigenvalue weighted by Gasteiger charge is -2.34. The maximum atomic E-state index is 12.2.